The Labute approximate surface area is 165 Å². The lowest BCUT2D eigenvalue weighted by molar-refractivity contribution is -0.140. The summed E-state index contributed by atoms with van der Waals surface area (Å²) < 4.78 is 10.4. The smallest absolute Gasteiger partial charge is 0.307 e. The van der Waals surface area contributed by atoms with E-state index in [1.54, 1.807) is 41.3 Å². The summed E-state index contributed by atoms with van der Waals surface area (Å²) in [6, 6.07) is 16.2. The number of hydrogen-bond donors (Lipinski definition) is 0. The molecule has 0 bridgehead atoms. The van der Waals surface area contributed by atoms with Gasteiger partial charge in [0.2, 0.25) is 0 Å². The number of methoxy groups -OCH3 is 1. The molecular weight excluding hydrogens is 356 g/mol. The minimum Gasteiger partial charge on any atom is -0.489 e. The molecule has 0 aromatic heterocycles. The molecule has 0 saturated carbocycles. The first-order chi connectivity index (χ1) is 13.5. The molecule has 0 saturated heterocycles. The van der Waals surface area contributed by atoms with Gasteiger partial charge in [-0.2, -0.15) is 5.26 Å². The van der Waals surface area contributed by atoms with Crippen molar-refractivity contribution in [3.05, 3.63) is 65.2 Å². The van der Waals surface area contributed by atoms with Crippen molar-refractivity contribution in [2.75, 3.05) is 13.7 Å². The van der Waals surface area contributed by atoms with Gasteiger partial charge in [0, 0.05) is 23.7 Å². The van der Waals surface area contributed by atoms with Crippen molar-refractivity contribution in [1.82, 2.24) is 4.90 Å². The van der Waals surface area contributed by atoms with Gasteiger partial charge in [-0.25, -0.2) is 0 Å². The molecule has 0 spiro atoms. The number of rotatable bonds is 8. The molecule has 0 aliphatic carbocycles. The van der Waals surface area contributed by atoms with Crippen LogP contribution in [0.4, 0.5) is 0 Å². The minimum absolute atomic E-state index is 0.0655. The fourth-order valence-electron chi connectivity index (χ4n) is 2.71. The van der Waals surface area contributed by atoms with Gasteiger partial charge < -0.3 is 14.4 Å². The molecule has 0 heterocycles. The Hall–Kier alpha value is -3.33. The lowest BCUT2D eigenvalue weighted by Crippen LogP contribution is -2.38. The number of amides is 1. The summed E-state index contributed by atoms with van der Waals surface area (Å²) >= 11 is 0. The van der Waals surface area contributed by atoms with Crippen LogP contribution in [0, 0.1) is 11.3 Å². The molecule has 2 aromatic carbocycles. The van der Waals surface area contributed by atoms with Crippen molar-refractivity contribution in [3.8, 4) is 11.8 Å². The third kappa shape index (κ3) is 5.58. The van der Waals surface area contributed by atoms with E-state index >= 15 is 0 Å². The molecule has 0 atom stereocenters. The molecule has 0 fully saturated rings. The van der Waals surface area contributed by atoms with E-state index in [9.17, 15) is 9.59 Å². The molecule has 2 rings (SSSR count). The van der Waals surface area contributed by atoms with Crippen LogP contribution in [0.2, 0.25) is 0 Å². The molecular formula is C22H24N2O4. The Morgan fingerprint density at radius 1 is 1.14 bits per heavy atom. The maximum absolute atomic E-state index is 12.9. The number of nitriles is 1. The molecule has 6 heteroatoms. The van der Waals surface area contributed by atoms with E-state index in [0.717, 1.165) is 5.56 Å². The number of carbonyl (C=O) groups excluding carboxylic acids is 2. The maximum atomic E-state index is 12.9. The van der Waals surface area contributed by atoms with Crippen molar-refractivity contribution < 1.29 is 19.1 Å². The zero-order chi connectivity index (χ0) is 20.5. The largest absolute Gasteiger partial charge is 0.489 e. The van der Waals surface area contributed by atoms with Crippen molar-refractivity contribution >= 4 is 11.9 Å². The van der Waals surface area contributed by atoms with Crippen molar-refractivity contribution in [1.29, 1.82) is 5.26 Å². The highest BCUT2D eigenvalue weighted by atomic mass is 16.5. The second-order valence-electron chi connectivity index (χ2n) is 6.50. The summed E-state index contributed by atoms with van der Waals surface area (Å²) in [5.74, 6) is 0.00346. The van der Waals surface area contributed by atoms with Crippen LogP contribution in [0.5, 0.6) is 5.75 Å². The number of nitrogens with zero attached hydrogens (tertiary/aromatic N) is 2. The van der Waals surface area contributed by atoms with Crippen molar-refractivity contribution in [2.24, 2.45) is 0 Å². The number of esters is 1. The van der Waals surface area contributed by atoms with E-state index in [1.165, 1.54) is 7.11 Å². The molecule has 28 heavy (non-hydrogen) atoms. The maximum Gasteiger partial charge on any atom is 0.307 e. The Bertz CT molecular complexity index is 871. The first kappa shape index (κ1) is 21.0. The summed E-state index contributed by atoms with van der Waals surface area (Å²) in [6.45, 7) is 4.31. The Morgan fingerprint density at radius 2 is 1.89 bits per heavy atom. The molecule has 2 aromatic rings. The third-order valence-electron chi connectivity index (χ3n) is 4.28. The second kappa shape index (κ2) is 10.1. The highest BCUT2D eigenvalue weighted by Gasteiger charge is 2.20. The van der Waals surface area contributed by atoms with Gasteiger partial charge in [-0.1, -0.05) is 24.3 Å². The van der Waals surface area contributed by atoms with Crippen LogP contribution in [0.1, 0.15) is 41.8 Å². The summed E-state index contributed by atoms with van der Waals surface area (Å²) in [5.41, 5.74) is 1.82. The first-order valence-electron chi connectivity index (χ1n) is 9.05. The van der Waals surface area contributed by atoms with Crippen LogP contribution in [-0.2, 0) is 16.1 Å². The quantitative estimate of drug-likeness (QED) is 0.654. The van der Waals surface area contributed by atoms with E-state index in [1.807, 2.05) is 26.0 Å². The molecule has 1 amide bonds. The summed E-state index contributed by atoms with van der Waals surface area (Å²) in [7, 11) is 1.33. The van der Waals surface area contributed by atoms with E-state index in [2.05, 4.69) is 10.8 Å². The Balaban J connectivity index is 2.11. The molecule has 0 aliphatic rings. The first-order valence-corrected chi connectivity index (χ1v) is 9.05. The Kier molecular flexibility index (Phi) is 7.58. The predicted octanol–water partition coefficient (Wildman–Crippen LogP) is 3.55. The molecule has 0 radical (unpaired) electrons. The molecule has 0 N–H and O–H groups in total. The van der Waals surface area contributed by atoms with Crippen LogP contribution in [-0.4, -0.2) is 36.5 Å². The minimum atomic E-state index is -0.355. The lowest BCUT2D eigenvalue weighted by atomic mass is 10.1. The van der Waals surface area contributed by atoms with Gasteiger partial charge in [-0.15, -0.1) is 0 Å². The van der Waals surface area contributed by atoms with Crippen LogP contribution < -0.4 is 4.74 Å². The lowest BCUT2D eigenvalue weighted by Gasteiger charge is -2.26. The fourth-order valence-corrected chi connectivity index (χ4v) is 2.71. The van der Waals surface area contributed by atoms with E-state index in [4.69, 9.17) is 10.00 Å². The van der Waals surface area contributed by atoms with E-state index < -0.39 is 0 Å². The van der Waals surface area contributed by atoms with Crippen LogP contribution in [0.15, 0.2) is 48.5 Å². The number of carbonyl (C=O) groups is 2. The summed E-state index contributed by atoms with van der Waals surface area (Å²) in [5, 5.41) is 9.16. The van der Waals surface area contributed by atoms with Crippen molar-refractivity contribution in [3.63, 3.8) is 0 Å². The van der Waals surface area contributed by atoms with Crippen LogP contribution >= 0.6 is 0 Å². The zero-order valence-corrected chi connectivity index (χ0v) is 16.3. The van der Waals surface area contributed by atoms with Gasteiger partial charge in [-0.3, -0.25) is 9.59 Å². The normalized spacial score (nSPS) is 10.2. The monoisotopic (exact) mass is 380 g/mol. The van der Waals surface area contributed by atoms with Crippen LogP contribution in [0.25, 0.3) is 0 Å². The topological polar surface area (TPSA) is 79.6 Å². The second-order valence-corrected chi connectivity index (χ2v) is 6.50. The zero-order valence-electron chi connectivity index (χ0n) is 16.3. The van der Waals surface area contributed by atoms with Gasteiger partial charge in [0.25, 0.3) is 5.91 Å². The fraction of sp³-hybridized carbons (Fsp3) is 0.318. The highest BCUT2D eigenvalue weighted by Crippen LogP contribution is 2.19. The molecule has 0 unspecified atom stereocenters. The van der Waals surface area contributed by atoms with Gasteiger partial charge in [0.15, 0.2) is 0 Å². The standard InChI is InChI=1S/C22H24N2O4/c1-16(2)24(12-11-21(25)27-3)22(26)17-9-6-10-20(13-17)28-15-19-8-5-4-7-18(19)14-23/h4-10,13,16H,11-12,15H2,1-3H3. The van der Waals surface area contributed by atoms with Gasteiger partial charge >= 0.3 is 5.97 Å². The Morgan fingerprint density at radius 3 is 2.57 bits per heavy atom. The van der Waals surface area contributed by atoms with Gasteiger partial charge in [-0.05, 0) is 38.1 Å². The van der Waals surface area contributed by atoms with E-state index in [0.29, 0.717) is 16.9 Å². The average Bonchev–Trinajstić information content (AvgIpc) is 2.72. The summed E-state index contributed by atoms with van der Waals surface area (Å²) in [6.07, 6.45) is 0.140. The molecule has 146 valence electrons. The van der Waals surface area contributed by atoms with Crippen molar-refractivity contribution in [2.45, 2.75) is 32.9 Å². The molecule has 0 aliphatic heterocycles. The number of hydrogen-bond acceptors (Lipinski definition) is 5. The number of ether oxygens (including phenoxy) is 2. The SMILES string of the molecule is COC(=O)CCN(C(=O)c1cccc(OCc2ccccc2C#N)c1)C(C)C. The van der Waals surface area contributed by atoms with Gasteiger partial charge in [0.1, 0.15) is 12.4 Å². The average molecular weight is 380 g/mol. The predicted molar refractivity (Wildman–Crippen MR) is 105 cm³/mol. The number of benzene rings is 2. The van der Waals surface area contributed by atoms with Gasteiger partial charge in [0.05, 0.1) is 25.2 Å². The third-order valence-corrected chi connectivity index (χ3v) is 4.28. The highest BCUT2D eigenvalue weighted by molar-refractivity contribution is 5.95. The van der Waals surface area contributed by atoms with Crippen LogP contribution in [0.3, 0.4) is 0 Å². The van der Waals surface area contributed by atoms with E-state index in [-0.39, 0.29) is 37.5 Å². The molecule has 6 nitrogen and oxygen atoms in total. The summed E-state index contributed by atoms with van der Waals surface area (Å²) in [4.78, 5) is 25.9.